The third kappa shape index (κ3) is 9.22. The quantitative estimate of drug-likeness (QED) is 0.536. The van der Waals surface area contributed by atoms with Gasteiger partial charge in [-0.05, 0) is 12.3 Å². The largest absolute Gasteiger partial charge is 0.0848 e. The zero-order chi connectivity index (χ0) is 8.53. The minimum absolute atomic E-state index is 0.648. The molecule has 0 rings (SSSR count). The van der Waals surface area contributed by atoms with Gasteiger partial charge in [-0.2, -0.15) is 0 Å². The molecule has 0 radical (unpaired) electrons. The summed E-state index contributed by atoms with van der Waals surface area (Å²) in [6, 6.07) is 0. The van der Waals surface area contributed by atoms with Crippen molar-refractivity contribution in [1.82, 2.24) is 0 Å². The fourth-order valence-electron chi connectivity index (χ4n) is 0.629. The standard InChI is InChI=1S/C11H18/c1-4-5-6-7-8-9-10-11(2)3/h5-11H,4H2,1-3H3/b6-5+,8-7-,10-9+. The van der Waals surface area contributed by atoms with Crippen molar-refractivity contribution in [2.24, 2.45) is 5.92 Å². The summed E-state index contributed by atoms with van der Waals surface area (Å²) >= 11 is 0. The average Bonchev–Trinajstić information content (AvgIpc) is 1.96. The molecule has 0 bridgehead atoms. The highest BCUT2D eigenvalue weighted by atomic mass is 13.8. The number of rotatable bonds is 4. The lowest BCUT2D eigenvalue weighted by Crippen LogP contribution is -1.74. The Morgan fingerprint density at radius 3 is 2.18 bits per heavy atom. The van der Waals surface area contributed by atoms with E-state index in [0.717, 1.165) is 6.42 Å². The molecule has 0 fully saturated rings. The summed E-state index contributed by atoms with van der Waals surface area (Å²) in [5.74, 6) is 0.648. The first-order valence-corrected chi connectivity index (χ1v) is 4.27. The van der Waals surface area contributed by atoms with E-state index in [9.17, 15) is 0 Å². The molecule has 0 saturated heterocycles. The van der Waals surface area contributed by atoms with Crippen LogP contribution in [0.2, 0.25) is 0 Å². The van der Waals surface area contributed by atoms with E-state index in [-0.39, 0.29) is 0 Å². The van der Waals surface area contributed by atoms with Crippen molar-refractivity contribution in [2.75, 3.05) is 0 Å². The van der Waals surface area contributed by atoms with Crippen LogP contribution >= 0.6 is 0 Å². The molecule has 0 N–H and O–H groups in total. The molecule has 0 amide bonds. The lowest BCUT2D eigenvalue weighted by atomic mass is 10.2. The molecule has 0 aromatic carbocycles. The molecule has 11 heavy (non-hydrogen) atoms. The summed E-state index contributed by atoms with van der Waals surface area (Å²) in [6.45, 7) is 6.48. The molecule has 0 atom stereocenters. The Morgan fingerprint density at radius 1 is 1.00 bits per heavy atom. The van der Waals surface area contributed by atoms with E-state index in [4.69, 9.17) is 0 Å². The predicted octanol–water partition coefficient (Wildman–Crippen LogP) is 3.72. The maximum absolute atomic E-state index is 2.18. The van der Waals surface area contributed by atoms with Crippen molar-refractivity contribution in [1.29, 1.82) is 0 Å². The Bertz CT molecular complexity index is 147. The van der Waals surface area contributed by atoms with Crippen LogP contribution in [-0.4, -0.2) is 0 Å². The highest BCUT2D eigenvalue weighted by Gasteiger charge is 1.78. The van der Waals surface area contributed by atoms with Gasteiger partial charge in [0.05, 0.1) is 0 Å². The van der Waals surface area contributed by atoms with Crippen molar-refractivity contribution < 1.29 is 0 Å². The molecule has 0 aliphatic heterocycles. The summed E-state index contributed by atoms with van der Waals surface area (Å²) in [6.07, 6.45) is 13.7. The fraction of sp³-hybridized carbons (Fsp3) is 0.455. The minimum Gasteiger partial charge on any atom is -0.0848 e. The molecule has 0 aromatic heterocycles. The molecular weight excluding hydrogens is 132 g/mol. The van der Waals surface area contributed by atoms with E-state index < -0.39 is 0 Å². The Balaban J connectivity index is 3.51. The third-order valence-corrected chi connectivity index (χ3v) is 1.20. The number of hydrogen-bond donors (Lipinski definition) is 0. The van der Waals surface area contributed by atoms with Crippen molar-refractivity contribution in [3.05, 3.63) is 36.5 Å². The first-order chi connectivity index (χ1) is 5.27. The highest BCUT2D eigenvalue weighted by Crippen LogP contribution is 1.93. The van der Waals surface area contributed by atoms with Gasteiger partial charge in [-0.15, -0.1) is 0 Å². The third-order valence-electron chi connectivity index (χ3n) is 1.20. The van der Waals surface area contributed by atoms with Gasteiger partial charge >= 0.3 is 0 Å². The van der Waals surface area contributed by atoms with E-state index >= 15 is 0 Å². The maximum Gasteiger partial charge on any atom is -0.0287 e. The first kappa shape index (κ1) is 10.2. The van der Waals surface area contributed by atoms with Gasteiger partial charge in [0.2, 0.25) is 0 Å². The Morgan fingerprint density at radius 2 is 1.64 bits per heavy atom. The van der Waals surface area contributed by atoms with Gasteiger partial charge in [-0.3, -0.25) is 0 Å². The summed E-state index contributed by atoms with van der Waals surface area (Å²) in [5, 5.41) is 0. The molecule has 62 valence electrons. The molecule has 0 aliphatic carbocycles. The van der Waals surface area contributed by atoms with Crippen molar-refractivity contribution in [3.63, 3.8) is 0 Å². The molecule has 0 saturated carbocycles. The topological polar surface area (TPSA) is 0 Å². The van der Waals surface area contributed by atoms with Gasteiger partial charge in [0.25, 0.3) is 0 Å². The van der Waals surface area contributed by atoms with E-state index in [1.165, 1.54) is 0 Å². The zero-order valence-corrected chi connectivity index (χ0v) is 7.75. The Hall–Kier alpha value is -0.780. The molecule has 0 unspecified atom stereocenters. The molecule has 0 spiro atoms. The smallest absolute Gasteiger partial charge is 0.0287 e. The molecule has 0 heterocycles. The molecular formula is C11H18. The fourth-order valence-corrected chi connectivity index (χ4v) is 0.629. The van der Waals surface area contributed by atoms with Gasteiger partial charge in [0.15, 0.2) is 0 Å². The van der Waals surface area contributed by atoms with Crippen LogP contribution in [0.4, 0.5) is 0 Å². The van der Waals surface area contributed by atoms with Gasteiger partial charge < -0.3 is 0 Å². The summed E-state index contributed by atoms with van der Waals surface area (Å²) in [4.78, 5) is 0. The SMILES string of the molecule is CC/C=C/C=C\C=C\C(C)C. The van der Waals surface area contributed by atoms with E-state index in [1.807, 2.05) is 0 Å². The second-order valence-corrected chi connectivity index (χ2v) is 2.85. The van der Waals surface area contributed by atoms with Crippen molar-refractivity contribution >= 4 is 0 Å². The van der Waals surface area contributed by atoms with Gasteiger partial charge in [-0.1, -0.05) is 57.2 Å². The minimum atomic E-state index is 0.648. The lowest BCUT2D eigenvalue weighted by Gasteiger charge is -1.88. The lowest BCUT2D eigenvalue weighted by molar-refractivity contribution is 0.832. The van der Waals surface area contributed by atoms with E-state index in [0.29, 0.717) is 5.92 Å². The molecule has 0 heteroatoms. The zero-order valence-electron chi connectivity index (χ0n) is 7.75. The average molecular weight is 150 g/mol. The van der Waals surface area contributed by atoms with Crippen LogP contribution in [0.3, 0.4) is 0 Å². The molecule has 0 aliphatic rings. The normalized spacial score (nSPS) is 13.1. The Kier molecular flexibility index (Phi) is 6.81. The van der Waals surface area contributed by atoms with Crippen LogP contribution in [0.25, 0.3) is 0 Å². The Labute approximate surface area is 70.3 Å². The van der Waals surface area contributed by atoms with Crippen LogP contribution in [0.15, 0.2) is 36.5 Å². The summed E-state index contributed by atoms with van der Waals surface area (Å²) < 4.78 is 0. The van der Waals surface area contributed by atoms with Crippen LogP contribution in [0.5, 0.6) is 0 Å². The molecule has 0 aromatic rings. The summed E-state index contributed by atoms with van der Waals surface area (Å²) in [7, 11) is 0. The molecule has 0 nitrogen and oxygen atoms in total. The monoisotopic (exact) mass is 150 g/mol. The van der Waals surface area contributed by atoms with Gasteiger partial charge in [0.1, 0.15) is 0 Å². The summed E-state index contributed by atoms with van der Waals surface area (Å²) in [5.41, 5.74) is 0. The first-order valence-electron chi connectivity index (χ1n) is 4.27. The van der Waals surface area contributed by atoms with Crippen LogP contribution in [0.1, 0.15) is 27.2 Å². The van der Waals surface area contributed by atoms with Crippen LogP contribution in [-0.2, 0) is 0 Å². The van der Waals surface area contributed by atoms with Gasteiger partial charge in [-0.25, -0.2) is 0 Å². The van der Waals surface area contributed by atoms with Crippen LogP contribution < -0.4 is 0 Å². The second kappa shape index (κ2) is 7.33. The van der Waals surface area contributed by atoms with E-state index in [2.05, 4.69) is 57.2 Å². The van der Waals surface area contributed by atoms with E-state index in [1.54, 1.807) is 0 Å². The number of allylic oxidation sites excluding steroid dienone is 6. The predicted molar refractivity (Wildman–Crippen MR) is 52.5 cm³/mol. The van der Waals surface area contributed by atoms with Crippen LogP contribution in [0, 0.1) is 5.92 Å². The highest BCUT2D eigenvalue weighted by molar-refractivity contribution is 5.11. The van der Waals surface area contributed by atoms with Crippen molar-refractivity contribution in [3.8, 4) is 0 Å². The van der Waals surface area contributed by atoms with Crippen molar-refractivity contribution in [2.45, 2.75) is 27.2 Å². The maximum atomic E-state index is 2.18. The van der Waals surface area contributed by atoms with Gasteiger partial charge in [0, 0.05) is 0 Å². The number of hydrogen-bond acceptors (Lipinski definition) is 0. The second-order valence-electron chi connectivity index (χ2n) is 2.85.